The first-order valence-electron chi connectivity index (χ1n) is 6.67. The van der Waals surface area contributed by atoms with Gasteiger partial charge in [0.25, 0.3) is 0 Å². The second kappa shape index (κ2) is 4.68. The summed E-state index contributed by atoms with van der Waals surface area (Å²) in [4.78, 5) is 0. The number of para-hydroxylation sites is 1. The maximum absolute atomic E-state index is 3.71. The molecule has 0 aromatic heterocycles. The molecule has 0 fully saturated rings. The van der Waals surface area contributed by atoms with Crippen LogP contribution in [-0.2, 0) is 6.42 Å². The van der Waals surface area contributed by atoms with Gasteiger partial charge in [-0.25, -0.2) is 0 Å². The lowest BCUT2D eigenvalue weighted by Crippen LogP contribution is -2.24. The minimum absolute atomic E-state index is 0.235. The summed E-state index contributed by atoms with van der Waals surface area (Å²) >= 11 is 3.62. The second-order valence-corrected chi connectivity index (χ2v) is 6.78. The molecule has 0 heterocycles. The van der Waals surface area contributed by atoms with E-state index in [0.717, 1.165) is 16.6 Å². The van der Waals surface area contributed by atoms with Crippen molar-refractivity contribution >= 4 is 21.6 Å². The zero-order chi connectivity index (χ0) is 13.5. The first kappa shape index (κ1) is 12.7. The van der Waals surface area contributed by atoms with Crippen LogP contribution in [0, 0.1) is 5.41 Å². The Bertz CT molecular complexity index is 604. The van der Waals surface area contributed by atoms with Crippen LogP contribution < -0.4 is 5.32 Å². The Morgan fingerprint density at radius 3 is 2.53 bits per heavy atom. The number of rotatable bonds is 2. The predicted molar refractivity (Wildman–Crippen MR) is 84.4 cm³/mol. The van der Waals surface area contributed by atoms with Gasteiger partial charge in [-0.3, -0.25) is 0 Å². The maximum atomic E-state index is 3.71. The van der Waals surface area contributed by atoms with Crippen molar-refractivity contribution in [2.75, 3.05) is 5.32 Å². The van der Waals surface area contributed by atoms with Crippen LogP contribution in [0.3, 0.4) is 0 Å². The zero-order valence-electron chi connectivity index (χ0n) is 11.3. The van der Waals surface area contributed by atoms with Crippen molar-refractivity contribution in [3.63, 3.8) is 0 Å². The minimum atomic E-state index is 0.235. The predicted octanol–water partition coefficient (Wildman–Crippen LogP) is 5.18. The molecular formula is C17H18BrN. The molecule has 98 valence electrons. The number of hydrogen-bond donors (Lipinski definition) is 1. The molecule has 2 aromatic rings. The fourth-order valence-corrected chi connectivity index (χ4v) is 3.40. The fourth-order valence-electron chi connectivity index (χ4n) is 3.00. The lowest BCUT2D eigenvalue weighted by molar-refractivity contribution is 0.337. The van der Waals surface area contributed by atoms with E-state index in [1.54, 1.807) is 0 Å². The molecule has 0 aliphatic heterocycles. The maximum Gasteiger partial charge on any atom is 0.0571 e. The lowest BCUT2D eigenvalue weighted by atomic mass is 9.85. The number of halogens is 1. The Morgan fingerprint density at radius 1 is 1.05 bits per heavy atom. The van der Waals surface area contributed by atoms with Crippen molar-refractivity contribution in [2.45, 2.75) is 26.3 Å². The van der Waals surface area contributed by atoms with Crippen molar-refractivity contribution in [3.05, 3.63) is 64.1 Å². The Morgan fingerprint density at radius 2 is 1.74 bits per heavy atom. The highest BCUT2D eigenvalue weighted by molar-refractivity contribution is 9.10. The summed E-state index contributed by atoms with van der Waals surface area (Å²) in [5.41, 5.74) is 4.30. The van der Waals surface area contributed by atoms with Gasteiger partial charge in [-0.15, -0.1) is 0 Å². The van der Waals surface area contributed by atoms with Gasteiger partial charge >= 0.3 is 0 Å². The molecule has 0 radical (unpaired) electrons. The summed E-state index contributed by atoms with van der Waals surface area (Å²) in [5.74, 6) is 0. The van der Waals surface area contributed by atoms with Crippen LogP contribution in [0.1, 0.15) is 31.0 Å². The molecule has 1 unspecified atom stereocenters. The molecule has 0 spiro atoms. The molecule has 2 heteroatoms. The highest BCUT2D eigenvalue weighted by Gasteiger charge is 2.38. The Balaban J connectivity index is 1.98. The van der Waals surface area contributed by atoms with Crippen LogP contribution >= 0.6 is 15.9 Å². The normalized spacial score (nSPS) is 20.1. The van der Waals surface area contributed by atoms with Gasteiger partial charge in [-0.1, -0.05) is 50.2 Å². The summed E-state index contributed by atoms with van der Waals surface area (Å²) in [6, 6.07) is 17.4. The van der Waals surface area contributed by atoms with E-state index in [1.165, 1.54) is 11.1 Å². The fraction of sp³-hybridized carbons (Fsp3) is 0.294. The van der Waals surface area contributed by atoms with Gasteiger partial charge in [0.05, 0.1) is 6.04 Å². The molecule has 1 aliphatic carbocycles. The van der Waals surface area contributed by atoms with Crippen molar-refractivity contribution in [1.82, 2.24) is 0 Å². The van der Waals surface area contributed by atoms with E-state index >= 15 is 0 Å². The lowest BCUT2D eigenvalue weighted by Gasteiger charge is -2.30. The Kier molecular flexibility index (Phi) is 3.14. The van der Waals surface area contributed by atoms with Gasteiger partial charge in [0.1, 0.15) is 0 Å². The molecular weight excluding hydrogens is 298 g/mol. The largest absolute Gasteiger partial charge is 0.377 e. The van der Waals surface area contributed by atoms with E-state index in [9.17, 15) is 0 Å². The third-order valence-corrected chi connectivity index (χ3v) is 4.66. The summed E-state index contributed by atoms with van der Waals surface area (Å²) in [6.45, 7) is 4.67. The van der Waals surface area contributed by atoms with Crippen LogP contribution in [0.15, 0.2) is 53.0 Å². The molecule has 2 aromatic carbocycles. The van der Waals surface area contributed by atoms with Crippen molar-refractivity contribution in [3.8, 4) is 0 Å². The summed E-state index contributed by atoms with van der Waals surface area (Å²) in [7, 11) is 0. The van der Waals surface area contributed by atoms with Crippen LogP contribution in [-0.4, -0.2) is 0 Å². The van der Waals surface area contributed by atoms with Crippen LogP contribution in [0.4, 0.5) is 5.69 Å². The third-order valence-electron chi connectivity index (χ3n) is 3.97. The van der Waals surface area contributed by atoms with E-state index in [0.29, 0.717) is 6.04 Å². The molecule has 1 nitrogen and oxygen atoms in total. The molecule has 1 atom stereocenters. The summed E-state index contributed by atoms with van der Waals surface area (Å²) in [6.07, 6.45) is 1.13. The van der Waals surface area contributed by atoms with Crippen molar-refractivity contribution < 1.29 is 0 Å². The molecule has 0 amide bonds. The van der Waals surface area contributed by atoms with E-state index in [4.69, 9.17) is 0 Å². The van der Waals surface area contributed by atoms with E-state index < -0.39 is 0 Å². The number of benzene rings is 2. The van der Waals surface area contributed by atoms with Crippen LogP contribution in [0.25, 0.3) is 0 Å². The smallest absolute Gasteiger partial charge is 0.0571 e. The molecule has 1 aliphatic rings. The van der Waals surface area contributed by atoms with Gasteiger partial charge in [-0.05, 0) is 51.0 Å². The SMILES string of the molecule is CC1(C)Cc2ccccc2C1Nc1ccccc1Br. The highest BCUT2D eigenvalue weighted by atomic mass is 79.9. The Hall–Kier alpha value is -1.28. The van der Waals surface area contributed by atoms with Crippen molar-refractivity contribution in [2.24, 2.45) is 5.41 Å². The third kappa shape index (κ3) is 2.30. The van der Waals surface area contributed by atoms with Gasteiger partial charge < -0.3 is 5.32 Å². The van der Waals surface area contributed by atoms with Crippen LogP contribution in [0.2, 0.25) is 0 Å². The second-order valence-electron chi connectivity index (χ2n) is 5.92. The number of anilines is 1. The average Bonchev–Trinajstić information content (AvgIpc) is 2.63. The topological polar surface area (TPSA) is 12.0 Å². The van der Waals surface area contributed by atoms with E-state index in [2.05, 4.69) is 77.6 Å². The standard InChI is InChI=1S/C17H18BrN/c1-17(2)11-12-7-3-4-8-13(12)16(17)19-15-10-6-5-9-14(15)18/h3-10,16,19H,11H2,1-2H3. The molecule has 1 N–H and O–H groups in total. The minimum Gasteiger partial charge on any atom is -0.377 e. The first-order chi connectivity index (χ1) is 9.08. The molecule has 0 bridgehead atoms. The number of hydrogen-bond acceptors (Lipinski definition) is 1. The molecule has 0 saturated heterocycles. The van der Waals surface area contributed by atoms with Gasteiger partial charge in [-0.2, -0.15) is 0 Å². The van der Waals surface area contributed by atoms with Crippen molar-refractivity contribution in [1.29, 1.82) is 0 Å². The van der Waals surface area contributed by atoms with E-state index in [-0.39, 0.29) is 5.41 Å². The summed E-state index contributed by atoms with van der Waals surface area (Å²) < 4.78 is 1.12. The molecule has 3 rings (SSSR count). The average molecular weight is 316 g/mol. The number of nitrogens with one attached hydrogen (secondary N) is 1. The highest BCUT2D eigenvalue weighted by Crippen LogP contribution is 2.47. The van der Waals surface area contributed by atoms with Gasteiger partial charge in [0, 0.05) is 10.2 Å². The van der Waals surface area contributed by atoms with Gasteiger partial charge in [0.15, 0.2) is 0 Å². The first-order valence-corrected chi connectivity index (χ1v) is 7.46. The molecule has 19 heavy (non-hydrogen) atoms. The number of fused-ring (bicyclic) bond motifs is 1. The quantitative estimate of drug-likeness (QED) is 0.804. The Labute approximate surface area is 123 Å². The van der Waals surface area contributed by atoms with Gasteiger partial charge in [0.2, 0.25) is 0 Å². The van der Waals surface area contributed by atoms with Crippen LogP contribution in [0.5, 0.6) is 0 Å². The monoisotopic (exact) mass is 315 g/mol. The summed E-state index contributed by atoms with van der Waals surface area (Å²) in [5, 5.41) is 3.71. The zero-order valence-corrected chi connectivity index (χ0v) is 12.9. The molecule has 0 saturated carbocycles. The van der Waals surface area contributed by atoms with E-state index in [1.807, 2.05) is 6.07 Å².